The topological polar surface area (TPSA) is 77.3 Å². The van der Waals surface area contributed by atoms with Crippen LogP contribution in [0.1, 0.15) is 18.6 Å². The van der Waals surface area contributed by atoms with E-state index in [1.54, 1.807) is 7.11 Å². The molecule has 0 aromatic carbocycles. The number of thioether (sulfide) groups is 1. The van der Waals surface area contributed by atoms with Gasteiger partial charge in [-0.1, -0.05) is 5.16 Å². The summed E-state index contributed by atoms with van der Waals surface area (Å²) in [6, 6.07) is 0. The molecule has 6 nitrogen and oxygen atoms in total. The number of carbonyl (C=O) groups is 1. The maximum atomic E-state index is 11.5. The van der Waals surface area contributed by atoms with Crippen molar-refractivity contribution in [2.75, 3.05) is 20.0 Å². The van der Waals surface area contributed by atoms with Crippen molar-refractivity contribution in [1.82, 2.24) is 15.5 Å². The van der Waals surface area contributed by atoms with E-state index in [0.29, 0.717) is 24.7 Å². The highest BCUT2D eigenvalue weighted by Gasteiger charge is 2.12. The van der Waals surface area contributed by atoms with E-state index in [1.807, 2.05) is 13.2 Å². The quantitative estimate of drug-likeness (QED) is 0.773. The number of amides is 1. The Morgan fingerprint density at radius 1 is 1.65 bits per heavy atom. The Bertz CT molecular complexity index is 356. The molecule has 0 saturated carbocycles. The maximum absolute atomic E-state index is 11.5. The summed E-state index contributed by atoms with van der Waals surface area (Å²) in [6.07, 6.45) is 2.49. The highest BCUT2D eigenvalue weighted by atomic mass is 32.2. The first-order chi connectivity index (χ1) is 8.17. The summed E-state index contributed by atoms with van der Waals surface area (Å²) in [7, 11) is 1.62. The van der Waals surface area contributed by atoms with Crippen molar-refractivity contribution in [1.29, 1.82) is 0 Å². The Labute approximate surface area is 104 Å². The van der Waals surface area contributed by atoms with Gasteiger partial charge in [-0.05, 0) is 13.2 Å². The van der Waals surface area contributed by atoms with Crippen LogP contribution in [0.2, 0.25) is 0 Å². The molecule has 1 rings (SSSR count). The fourth-order valence-corrected chi connectivity index (χ4v) is 1.37. The van der Waals surface area contributed by atoms with Crippen LogP contribution in [0.15, 0.2) is 4.52 Å². The Balaban J connectivity index is 2.36. The van der Waals surface area contributed by atoms with Crippen LogP contribution in [0.4, 0.5) is 0 Å². The highest BCUT2D eigenvalue weighted by molar-refractivity contribution is 7.99. The minimum Gasteiger partial charge on any atom is -0.384 e. The average molecular weight is 259 g/mol. The van der Waals surface area contributed by atoms with Crippen molar-refractivity contribution in [3.8, 4) is 0 Å². The third-order valence-corrected chi connectivity index (χ3v) is 3.10. The molecular weight excluding hydrogens is 242 g/mol. The van der Waals surface area contributed by atoms with Crippen LogP contribution in [-0.4, -0.2) is 41.3 Å². The molecule has 0 aliphatic heterocycles. The second-order valence-electron chi connectivity index (χ2n) is 3.44. The van der Waals surface area contributed by atoms with Gasteiger partial charge in [0.25, 0.3) is 0 Å². The molecule has 0 saturated heterocycles. The molecule has 0 fully saturated rings. The molecule has 1 amide bonds. The largest absolute Gasteiger partial charge is 0.384 e. The van der Waals surface area contributed by atoms with Gasteiger partial charge in [0, 0.05) is 13.5 Å². The average Bonchev–Trinajstić information content (AvgIpc) is 2.80. The molecule has 1 heterocycles. The predicted octanol–water partition coefficient (Wildman–Crippen LogP) is 0.626. The van der Waals surface area contributed by atoms with Gasteiger partial charge >= 0.3 is 0 Å². The maximum Gasteiger partial charge on any atom is 0.246 e. The summed E-state index contributed by atoms with van der Waals surface area (Å²) in [5.74, 6) is 0.973. The Kier molecular flexibility index (Phi) is 5.99. The normalized spacial score (nSPS) is 12.4. The molecule has 0 bridgehead atoms. The molecule has 96 valence electrons. The fraction of sp³-hybridized carbons (Fsp3) is 0.700. The van der Waals surface area contributed by atoms with Crippen LogP contribution in [0.5, 0.6) is 0 Å². The van der Waals surface area contributed by atoms with Crippen molar-refractivity contribution < 1.29 is 14.1 Å². The van der Waals surface area contributed by atoms with E-state index in [1.165, 1.54) is 11.8 Å². The van der Waals surface area contributed by atoms with Gasteiger partial charge in [0.2, 0.25) is 11.8 Å². The number of hydrogen-bond donors (Lipinski definition) is 1. The zero-order valence-corrected chi connectivity index (χ0v) is 11.0. The molecule has 0 spiro atoms. The third kappa shape index (κ3) is 4.74. The van der Waals surface area contributed by atoms with Gasteiger partial charge in [0.1, 0.15) is 0 Å². The molecule has 1 aromatic rings. The van der Waals surface area contributed by atoms with Crippen molar-refractivity contribution in [3.63, 3.8) is 0 Å². The first-order valence-electron chi connectivity index (χ1n) is 5.28. The van der Waals surface area contributed by atoms with Gasteiger partial charge in [0.05, 0.1) is 18.4 Å². The van der Waals surface area contributed by atoms with E-state index in [4.69, 9.17) is 9.26 Å². The van der Waals surface area contributed by atoms with Crippen LogP contribution in [0.25, 0.3) is 0 Å². The standard InChI is InChI=1S/C10H17N3O3S/c1-7(17-3)10(14)11-6-9-12-8(13-16-9)4-5-15-2/h7H,4-6H2,1-3H3,(H,11,14)/t7-/m1/s1. The summed E-state index contributed by atoms with van der Waals surface area (Å²) < 4.78 is 9.89. The molecule has 0 aliphatic carbocycles. The van der Waals surface area contributed by atoms with Gasteiger partial charge < -0.3 is 14.6 Å². The van der Waals surface area contributed by atoms with Crippen LogP contribution in [-0.2, 0) is 22.5 Å². The van der Waals surface area contributed by atoms with Crippen LogP contribution in [0.3, 0.4) is 0 Å². The number of nitrogens with zero attached hydrogens (tertiary/aromatic N) is 2. The minimum absolute atomic E-state index is 0.0332. The summed E-state index contributed by atoms with van der Waals surface area (Å²) >= 11 is 1.49. The minimum atomic E-state index is -0.0779. The second kappa shape index (κ2) is 7.29. The number of carbonyl (C=O) groups excluding carboxylic acids is 1. The first-order valence-corrected chi connectivity index (χ1v) is 6.57. The van der Waals surface area contributed by atoms with E-state index in [2.05, 4.69) is 15.5 Å². The lowest BCUT2D eigenvalue weighted by molar-refractivity contribution is -0.120. The van der Waals surface area contributed by atoms with Crippen molar-refractivity contribution in [2.24, 2.45) is 0 Å². The van der Waals surface area contributed by atoms with Gasteiger partial charge in [-0.15, -0.1) is 0 Å². The zero-order chi connectivity index (χ0) is 12.7. The molecular formula is C10H17N3O3S. The van der Waals surface area contributed by atoms with E-state index >= 15 is 0 Å². The van der Waals surface area contributed by atoms with Crippen molar-refractivity contribution in [2.45, 2.75) is 25.1 Å². The Hall–Kier alpha value is -1.08. The first kappa shape index (κ1) is 14.0. The number of hydrogen-bond acceptors (Lipinski definition) is 6. The number of aromatic nitrogens is 2. The van der Waals surface area contributed by atoms with Crippen LogP contribution >= 0.6 is 11.8 Å². The lowest BCUT2D eigenvalue weighted by atomic mass is 10.4. The molecule has 1 aromatic heterocycles. The van der Waals surface area contributed by atoms with Gasteiger partial charge in [-0.2, -0.15) is 16.7 Å². The smallest absolute Gasteiger partial charge is 0.246 e. The second-order valence-corrected chi connectivity index (χ2v) is 4.62. The molecule has 7 heteroatoms. The summed E-state index contributed by atoms with van der Waals surface area (Å²) in [6.45, 7) is 2.66. The monoisotopic (exact) mass is 259 g/mol. The zero-order valence-electron chi connectivity index (χ0n) is 10.2. The SMILES string of the molecule is COCCc1noc(CNC(=O)[C@@H](C)SC)n1. The van der Waals surface area contributed by atoms with E-state index in [9.17, 15) is 4.79 Å². The fourth-order valence-electron chi connectivity index (χ4n) is 1.07. The summed E-state index contributed by atoms with van der Waals surface area (Å²) in [5, 5.41) is 6.43. The number of methoxy groups -OCH3 is 1. The third-order valence-electron chi connectivity index (χ3n) is 2.18. The molecule has 0 aliphatic rings. The Morgan fingerprint density at radius 3 is 3.06 bits per heavy atom. The Morgan fingerprint density at radius 2 is 2.41 bits per heavy atom. The van der Waals surface area contributed by atoms with Gasteiger partial charge in [-0.3, -0.25) is 4.79 Å². The number of ether oxygens (including phenoxy) is 1. The molecule has 0 unspecified atom stereocenters. The predicted molar refractivity (Wildman–Crippen MR) is 64.7 cm³/mol. The van der Waals surface area contributed by atoms with Gasteiger partial charge in [0.15, 0.2) is 5.82 Å². The lowest BCUT2D eigenvalue weighted by Crippen LogP contribution is -2.30. The number of rotatable bonds is 7. The molecule has 17 heavy (non-hydrogen) atoms. The number of nitrogens with one attached hydrogen (secondary N) is 1. The van der Waals surface area contributed by atoms with E-state index in [-0.39, 0.29) is 17.7 Å². The van der Waals surface area contributed by atoms with Crippen LogP contribution < -0.4 is 5.32 Å². The van der Waals surface area contributed by atoms with Crippen molar-refractivity contribution in [3.05, 3.63) is 11.7 Å². The summed E-state index contributed by atoms with van der Waals surface area (Å²) in [4.78, 5) is 15.6. The molecule has 0 radical (unpaired) electrons. The van der Waals surface area contributed by atoms with E-state index in [0.717, 1.165) is 0 Å². The lowest BCUT2D eigenvalue weighted by Gasteiger charge is -2.06. The van der Waals surface area contributed by atoms with E-state index < -0.39 is 0 Å². The van der Waals surface area contributed by atoms with Crippen molar-refractivity contribution >= 4 is 17.7 Å². The summed E-state index contributed by atoms with van der Waals surface area (Å²) in [5.41, 5.74) is 0. The highest BCUT2D eigenvalue weighted by Crippen LogP contribution is 2.05. The van der Waals surface area contributed by atoms with Gasteiger partial charge in [-0.25, -0.2) is 0 Å². The molecule has 1 atom stereocenters. The molecule has 1 N–H and O–H groups in total. The van der Waals surface area contributed by atoms with Crippen LogP contribution in [0, 0.1) is 0 Å².